The molecule has 0 spiro atoms. The van der Waals surface area contributed by atoms with Gasteiger partial charge in [0.15, 0.2) is 0 Å². The highest BCUT2D eigenvalue weighted by molar-refractivity contribution is 8.18. The second kappa shape index (κ2) is 9.95. The first-order valence-corrected chi connectivity index (χ1v) is 14.9. The number of likely N-dealkylation sites (N-methyl/N-ethyl adjacent to an activating group) is 1. The van der Waals surface area contributed by atoms with Gasteiger partial charge in [-0.05, 0) is 48.9 Å². The molecule has 4 saturated heterocycles. The third-order valence-electron chi connectivity index (χ3n) is 7.59. The zero-order chi connectivity index (χ0) is 26.4. The summed E-state index contributed by atoms with van der Waals surface area (Å²) in [4.78, 5) is 40.7. The van der Waals surface area contributed by atoms with Gasteiger partial charge in [-0.2, -0.15) is 9.29 Å². The number of fused-ring (bicyclic) bond motifs is 1. The van der Waals surface area contributed by atoms with Crippen molar-refractivity contribution in [3.8, 4) is 0 Å². The summed E-state index contributed by atoms with van der Waals surface area (Å²) in [6.45, 7) is 5.73. The standard InChI is InChI=1S/C25H29N7O4S2/c1-29-7-9-30(10-8-29)22-12-19(11-21-23(33)28-25(34)37-21)26-24(27-22)31-13-17-15-32(16-18(17)14-31)38(35,36)20-5-3-2-4-6-20/h2-6,11-12,17-18H,7-10,13-16H2,1H3,(H,28,33,34). The number of benzene rings is 1. The molecule has 1 aromatic heterocycles. The highest BCUT2D eigenvalue weighted by atomic mass is 32.2. The van der Waals surface area contributed by atoms with Gasteiger partial charge in [-0.15, -0.1) is 0 Å². The minimum Gasteiger partial charge on any atom is -0.354 e. The van der Waals surface area contributed by atoms with Gasteiger partial charge in [-0.1, -0.05) is 18.2 Å². The van der Waals surface area contributed by atoms with Gasteiger partial charge in [-0.3, -0.25) is 14.9 Å². The third-order valence-corrected chi connectivity index (χ3v) is 10.2. The van der Waals surface area contributed by atoms with E-state index in [2.05, 4.69) is 27.1 Å². The van der Waals surface area contributed by atoms with Gasteiger partial charge in [0.25, 0.3) is 11.1 Å². The Kier molecular flexibility index (Phi) is 6.62. The van der Waals surface area contributed by atoms with Crippen molar-refractivity contribution in [3.63, 3.8) is 0 Å². The molecule has 0 saturated carbocycles. The van der Waals surface area contributed by atoms with E-state index in [9.17, 15) is 18.0 Å². The molecule has 0 radical (unpaired) electrons. The Hall–Kier alpha value is -3.00. The maximum Gasteiger partial charge on any atom is 0.290 e. The van der Waals surface area contributed by atoms with Crippen molar-refractivity contribution in [2.24, 2.45) is 11.8 Å². The smallest absolute Gasteiger partial charge is 0.290 e. The van der Waals surface area contributed by atoms with E-state index >= 15 is 0 Å². The van der Waals surface area contributed by atoms with E-state index in [1.54, 1.807) is 34.6 Å². The molecular formula is C25H29N7O4S2. The minimum atomic E-state index is -3.52. The molecule has 4 aliphatic rings. The Balaban J connectivity index is 1.24. The number of sulfonamides is 1. The number of thioether (sulfide) groups is 1. The maximum absolute atomic E-state index is 13.1. The molecule has 0 aliphatic carbocycles. The summed E-state index contributed by atoms with van der Waals surface area (Å²) in [6.07, 6.45) is 1.64. The number of amides is 2. The van der Waals surface area contributed by atoms with Crippen LogP contribution in [-0.2, 0) is 14.8 Å². The van der Waals surface area contributed by atoms with E-state index in [0.29, 0.717) is 47.6 Å². The van der Waals surface area contributed by atoms with E-state index in [1.807, 2.05) is 12.1 Å². The molecular weight excluding hydrogens is 526 g/mol. The zero-order valence-corrected chi connectivity index (χ0v) is 22.6. The fraction of sp³-hybridized carbons (Fsp3) is 0.440. The fourth-order valence-electron chi connectivity index (χ4n) is 5.46. The summed E-state index contributed by atoms with van der Waals surface area (Å²) in [5, 5.41) is 1.90. The van der Waals surface area contributed by atoms with Gasteiger partial charge in [0.05, 0.1) is 15.5 Å². The van der Waals surface area contributed by atoms with Crippen molar-refractivity contribution in [3.05, 3.63) is 47.0 Å². The molecule has 1 aromatic carbocycles. The van der Waals surface area contributed by atoms with E-state index in [4.69, 9.17) is 9.97 Å². The molecule has 2 amide bonds. The van der Waals surface area contributed by atoms with Crippen LogP contribution < -0.4 is 15.1 Å². The molecule has 6 rings (SSSR count). The van der Waals surface area contributed by atoms with Crippen LogP contribution in [0.15, 0.2) is 46.2 Å². The number of carbonyl (C=O) groups is 2. The average molecular weight is 556 g/mol. The third kappa shape index (κ3) is 4.91. The topological polar surface area (TPSA) is 119 Å². The number of aromatic nitrogens is 2. The summed E-state index contributed by atoms with van der Waals surface area (Å²) in [6, 6.07) is 10.4. The van der Waals surface area contributed by atoms with E-state index in [0.717, 1.165) is 43.8 Å². The van der Waals surface area contributed by atoms with Crippen molar-refractivity contribution in [2.75, 3.05) is 69.2 Å². The molecule has 38 heavy (non-hydrogen) atoms. The predicted octanol–water partition coefficient (Wildman–Crippen LogP) is 1.31. The lowest BCUT2D eigenvalue weighted by atomic mass is 10.0. The first-order valence-electron chi connectivity index (χ1n) is 12.6. The highest BCUT2D eigenvalue weighted by Gasteiger charge is 2.45. The number of carbonyl (C=O) groups excluding carboxylic acids is 2. The van der Waals surface area contributed by atoms with Crippen molar-refractivity contribution in [2.45, 2.75) is 4.90 Å². The lowest BCUT2D eigenvalue weighted by Crippen LogP contribution is -2.45. The van der Waals surface area contributed by atoms with Crippen molar-refractivity contribution < 1.29 is 18.0 Å². The lowest BCUT2D eigenvalue weighted by Gasteiger charge is -2.33. The van der Waals surface area contributed by atoms with Gasteiger partial charge < -0.3 is 14.7 Å². The molecule has 2 unspecified atom stereocenters. The lowest BCUT2D eigenvalue weighted by molar-refractivity contribution is -0.115. The summed E-state index contributed by atoms with van der Waals surface area (Å²) >= 11 is 0.867. The van der Waals surface area contributed by atoms with Crippen LogP contribution in [0.2, 0.25) is 0 Å². The van der Waals surface area contributed by atoms with Crippen molar-refractivity contribution >= 4 is 50.8 Å². The van der Waals surface area contributed by atoms with Crippen LogP contribution in [0.4, 0.5) is 16.6 Å². The Labute approximate surface area is 225 Å². The van der Waals surface area contributed by atoms with E-state index in [1.165, 1.54) is 0 Å². The molecule has 200 valence electrons. The maximum atomic E-state index is 13.1. The van der Waals surface area contributed by atoms with Gasteiger partial charge >= 0.3 is 0 Å². The number of nitrogens with zero attached hydrogens (tertiary/aromatic N) is 6. The van der Waals surface area contributed by atoms with Crippen LogP contribution in [0.1, 0.15) is 5.69 Å². The van der Waals surface area contributed by atoms with Crippen LogP contribution >= 0.6 is 11.8 Å². The SMILES string of the molecule is CN1CCN(c2cc(C=C3SC(=O)NC3=O)nc(N3CC4CN(S(=O)(=O)c5ccccc5)CC4C3)n2)CC1. The number of rotatable bonds is 5. The predicted molar refractivity (Wildman–Crippen MR) is 145 cm³/mol. The number of nitrogens with one attached hydrogen (secondary N) is 1. The monoisotopic (exact) mass is 555 g/mol. The van der Waals surface area contributed by atoms with Gasteiger partial charge in [0.1, 0.15) is 5.82 Å². The van der Waals surface area contributed by atoms with Crippen LogP contribution in [0.25, 0.3) is 6.08 Å². The Morgan fingerprint density at radius 2 is 1.63 bits per heavy atom. The van der Waals surface area contributed by atoms with Crippen LogP contribution in [0, 0.1) is 11.8 Å². The molecule has 5 heterocycles. The fourth-order valence-corrected chi connectivity index (χ4v) is 7.70. The quantitative estimate of drug-likeness (QED) is 0.541. The summed E-state index contributed by atoms with van der Waals surface area (Å²) in [7, 11) is -1.43. The van der Waals surface area contributed by atoms with Gasteiger partial charge in [0, 0.05) is 58.4 Å². The second-order valence-electron chi connectivity index (χ2n) is 10.2. The number of hydrogen-bond donors (Lipinski definition) is 1. The van der Waals surface area contributed by atoms with Gasteiger partial charge in [0.2, 0.25) is 16.0 Å². The molecule has 4 aliphatic heterocycles. The van der Waals surface area contributed by atoms with Crippen LogP contribution in [0.5, 0.6) is 0 Å². The average Bonchev–Trinajstić information content (AvgIpc) is 3.58. The molecule has 1 N–H and O–H groups in total. The molecule has 0 bridgehead atoms. The normalized spacial score (nSPS) is 25.9. The summed E-state index contributed by atoms with van der Waals surface area (Å²) in [5.74, 6) is 1.29. The first-order chi connectivity index (χ1) is 18.3. The largest absolute Gasteiger partial charge is 0.354 e. The van der Waals surface area contributed by atoms with E-state index < -0.39 is 21.2 Å². The second-order valence-corrected chi connectivity index (χ2v) is 13.1. The Morgan fingerprint density at radius 3 is 2.26 bits per heavy atom. The molecule has 13 heteroatoms. The zero-order valence-electron chi connectivity index (χ0n) is 21.0. The Bertz CT molecular complexity index is 1380. The molecule has 4 fully saturated rings. The van der Waals surface area contributed by atoms with Crippen molar-refractivity contribution in [1.82, 2.24) is 24.5 Å². The Morgan fingerprint density at radius 1 is 0.947 bits per heavy atom. The van der Waals surface area contributed by atoms with Gasteiger partial charge in [-0.25, -0.2) is 13.4 Å². The molecule has 2 aromatic rings. The highest BCUT2D eigenvalue weighted by Crippen LogP contribution is 2.36. The number of hydrogen-bond acceptors (Lipinski definition) is 10. The number of piperazine rings is 1. The number of anilines is 2. The number of imide groups is 1. The molecule has 11 nitrogen and oxygen atoms in total. The van der Waals surface area contributed by atoms with Crippen LogP contribution in [0.3, 0.4) is 0 Å². The minimum absolute atomic E-state index is 0.181. The summed E-state index contributed by atoms with van der Waals surface area (Å²) < 4.78 is 27.9. The van der Waals surface area contributed by atoms with Crippen molar-refractivity contribution in [1.29, 1.82) is 0 Å². The summed E-state index contributed by atoms with van der Waals surface area (Å²) in [5.41, 5.74) is 0.571. The van der Waals surface area contributed by atoms with Crippen LogP contribution in [-0.4, -0.2) is 98.1 Å². The van der Waals surface area contributed by atoms with E-state index in [-0.39, 0.29) is 11.8 Å². The molecule has 2 atom stereocenters. The first kappa shape index (κ1) is 25.3.